The Bertz CT molecular complexity index is 573. The second-order valence-corrected chi connectivity index (χ2v) is 5.61. The van der Waals surface area contributed by atoms with Crippen molar-refractivity contribution in [2.75, 3.05) is 0 Å². The van der Waals surface area contributed by atoms with Crippen LogP contribution in [0.1, 0.15) is 33.9 Å². The van der Waals surface area contributed by atoms with E-state index in [2.05, 4.69) is 35.8 Å². The van der Waals surface area contributed by atoms with Crippen molar-refractivity contribution in [3.8, 4) is 0 Å². The highest BCUT2D eigenvalue weighted by atomic mass is 79.9. The molecule has 0 aliphatic rings. The number of aliphatic hydroxyl groups is 1. The first kappa shape index (κ1) is 13.3. The molecule has 0 aliphatic heterocycles. The van der Waals surface area contributed by atoms with Gasteiger partial charge in [0.2, 0.25) is 0 Å². The number of aliphatic hydroxyl groups excluding tert-OH is 1. The second kappa shape index (κ2) is 5.25. The molecular weight excluding hydrogens is 288 g/mol. The minimum atomic E-state index is -0.567. The molecule has 1 atom stereocenters. The van der Waals surface area contributed by atoms with Gasteiger partial charge in [-0.25, -0.2) is 0 Å². The maximum Gasteiger partial charge on any atom is 0.105 e. The van der Waals surface area contributed by atoms with Crippen LogP contribution in [0, 0.1) is 20.8 Å². The fraction of sp³-hybridized carbons (Fsp3) is 0.250. The van der Waals surface area contributed by atoms with Crippen LogP contribution in [-0.4, -0.2) is 5.11 Å². The summed E-state index contributed by atoms with van der Waals surface area (Å²) in [6.45, 7) is 6.15. The molecule has 0 saturated heterocycles. The van der Waals surface area contributed by atoms with Crippen LogP contribution >= 0.6 is 15.9 Å². The van der Waals surface area contributed by atoms with Gasteiger partial charge in [0.15, 0.2) is 0 Å². The van der Waals surface area contributed by atoms with Crippen molar-refractivity contribution in [1.29, 1.82) is 0 Å². The van der Waals surface area contributed by atoms with Crippen molar-refractivity contribution in [3.05, 3.63) is 68.7 Å². The normalized spacial score (nSPS) is 12.5. The van der Waals surface area contributed by atoms with Gasteiger partial charge in [0.1, 0.15) is 6.10 Å². The van der Waals surface area contributed by atoms with Gasteiger partial charge < -0.3 is 5.11 Å². The van der Waals surface area contributed by atoms with Crippen LogP contribution in [0.3, 0.4) is 0 Å². The summed E-state index contributed by atoms with van der Waals surface area (Å²) in [5.41, 5.74) is 5.41. The number of halogens is 1. The van der Waals surface area contributed by atoms with Crippen molar-refractivity contribution >= 4 is 15.9 Å². The summed E-state index contributed by atoms with van der Waals surface area (Å²) in [7, 11) is 0. The SMILES string of the molecule is Cc1ccc(Br)cc1C(O)c1cccc(C)c1C. The molecule has 2 aromatic rings. The van der Waals surface area contributed by atoms with E-state index in [-0.39, 0.29) is 0 Å². The van der Waals surface area contributed by atoms with Crippen LogP contribution in [0.15, 0.2) is 40.9 Å². The Morgan fingerprint density at radius 3 is 2.39 bits per heavy atom. The Morgan fingerprint density at radius 2 is 1.67 bits per heavy atom. The Hall–Kier alpha value is -1.12. The Morgan fingerprint density at radius 1 is 0.944 bits per heavy atom. The summed E-state index contributed by atoms with van der Waals surface area (Å²) in [6, 6.07) is 12.1. The summed E-state index contributed by atoms with van der Waals surface area (Å²) < 4.78 is 0.993. The van der Waals surface area contributed by atoms with Crippen LogP contribution in [0.5, 0.6) is 0 Å². The zero-order valence-electron chi connectivity index (χ0n) is 10.9. The van der Waals surface area contributed by atoms with E-state index in [0.717, 1.165) is 26.7 Å². The molecule has 94 valence electrons. The summed E-state index contributed by atoms with van der Waals surface area (Å²) in [4.78, 5) is 0. The minimum Gasteiger partial charge on any atom is -0.384 e. The molecule has 2 aromatic carbocycles. The number of hydrogen-bond donors (Lipinski definition) is 1. The molecule has 1 N–H and O–H groups in total. The van der Waals surface area contributed by atoms with E-state index in [0.29, 0.717) is 0 Å². The topological polar surface area (TPSA) is 20.2 Å². The maximum absolute atomic E-state index is 10.6. The first-order chi connectivity index (χ1) is 8.50. The Balaban J connectivity index is 2.51. The van der Waals surface area contributed by atoms with Crippen molar-refractivity contribution in [1.82, 2.24) is 0 Å². The summed E-state index contributed by atoms with van der Waals surface area (Å²) >= 11 is 3.46. The Kier molecular flexibility index (Phi) is 3.88. The van der Waals surface area contributed by atoms with Crippen molar-refractivity contribution < 1.29 is 5.11 Å². The zero-order valence-corrected chi connectivity index (χ0v) is 12.5. The van der Waals surface area contributed by atoms with Gasteiger partial charge in [-0.1, -0.05) is 40.2 Å². The van der Waals surface area contributed by atoms with Gasteiger partial charge >= 0.3 is 0 Å². The average Bonchev–Trinajstić information content (AvgIpc) is 2.35. The van der Waals surface area contributed by atoms with Gasteiger partial charge in [-0.3, -0.25) is 0 Å². The van der Waals surface area contributed by atoms with Crippen LogP contribution < -0.4 is 0 Å². The minimum absolute atomic E-state index is 0.567. The summed E-state index contributed by atoms with van der Waals surface area (Å²) in [5, 5.41) is 10.6. The van der Waals surface area contributed by atoms with Gasteiger partial charge in [0.25, 0.3) is 0 Å². The van der Waals surface area contributed by atoms with Gasteiger partial charge in [-0.05, 0) is 60.7 Å². The number of aryl methyl sites for hydroxylation is 2. The van der Waals surface area contributed by atoms with Gasteiger partial charge in [-0.2, -0.15) is 0 Å². The molecule has 0 amide bonds. The third-order valence-electron chi connectivity index (χ3n) is 3.48. The molecule has 2 rings (SSSR count). The molecule has 0 fully saturated rings. The number of rotatable bonds is 2. The number of hydrogen-bond acceptors (Lipinski definition) is 1. The van der Waals surface area contributed by atoms with E-state index >= 15 is 0 Å². The lowest BCUT2D eigenvalue weighted by Crippen LogP contribution is -2.05. The summed E-state index contributed by atoms with van der Waals surface area (Å²) in [5.74, 6) is 0. The molecule has 0 aromatic heterocycles. The predicted molar refractivity (Wildman–Crippen MR) is 78.9 cm³/mol. The van der Waals surface area contributed by atoms with Crippen LogP contribution in [0.25, 0.3) is 0 Å². The Labute approximate surface area is 117 Å². The molecule has 18 heavy (non-hydrogen) atoms. The molecular formula is C16H17BrO. The highest BCUT2D eigenvalue weighted by Crippen LogP contribution is 2.30. The molecule has 0 radical (unpaired) electrons. The molecule has 2 heteroatoms. The highest BCUT2D eigenvalue weighted by molar-refractivity contribution is 9.10. The lowest BCUT2D eigenvalue weighted by atomic mass is 9.93. The molecule has 0 spiro atoms. The third kappa shape index (κ3) is 2.50. The zero-order chi connectivity index (χ0) is 13.3. The number of benzene rings is 2. The van der Waals surface area contributed by atoms with E-state index in [1.165, 1.54) is 5.56 Å². The van der Waals surface area contributed by atoms with E-state index in [9.17, 15) is 5.11 Å². The lowest BCUT2D eigenvalue weighted by Gasteiger charge is -2.18. The van der Waals surface area contributed by atoms with E-state index in [4.69, 9.17) is 0 Å². The van der Waals surface area contributed by atoms with E-state index in [1.807, 2.05) is 37.3 Å². The first-order valence-electron chi connectivity index (χ1n) is 6.01. The molecule has 0 heterocycles. The molecule has 1 nitrogen and oxygen atoms in total. The lowest BCUT2D eigenvalue weighted by molar-refractivity contribution is 0.218. The smallest absolute Gasteiger partial charge is 0.105 e. The first-order valence-corrected chi connectivity index (χ1v) is 6.80. The predicted octanol–water partition coefficient (Wildman–Crippen LogP) is 4.46. The van der Waals surface area contributed by atoms with Crippen molar-refractivity contribution in [3.63, 3.8) is 0 Å². The van der Waals surface area contributed by atoms with Crippen molar-refractivity contribution in [2.24, 2.45) is 0 Å². The largest absolute Gasteiger partial charge is 0.384 e. The third-order valence-corrected chi connectivity index (χ3v) is 3.97. The monoisotopic (exact) mass is 304 g/mol. The van der Waals surface area contributed by atoms with Crippen LogP contribution in [0.4, 0.5) is 0 Å². The second-order valence-electron chi connectivity index (χ2n) is 4.69. The fourth-order valence-corrected chi connectivity index (χ4v) is 2.52. The van der Waals surface area contributed by atoms with Crippen LogP contribution in [0.2, 0.25) is 0 Å². The van der Waals surface area contributed by atoms with Crippen molar-refractivity contribution in [2.45, 2.75) is 26.9 Å². The molecule has 1 unspecified atom stereocenters. The molecule has 0 aliphatic carbocycles. The van der Waals surface area contributed by atoms with Gasteiger partial charge in [-0.15, -0.1) is 0 Å². The molecule has 0 bridgehead atoms. The quantitative estimate of drug-likeness (QED) is 0.868. The highest BCUT2D eigenvalue weighted by Gasteiger charge is 2.15. The average molecular weight is 305 g/mol. The fourth-order valence-electron chi connectivity index (χ4n) is 2.14. The van der Waals surface area contributed by atoms with E-state index in [1.54, 1.807) is 0 Å². The van der Waals surface area contributed by atoms with Gasteiger partial charge in [0, 0.05) is 4.47 Å². The van der Waals surface area contributed by atoms with Gasteiger partial charge in [0.05, 0.1) is 0 Å². The standard InChI is InChI=1S/C16H17BrO/c1-10-5-4-6-14(12(10)3)16(18)15-9-13(17)8-7-11(15)2/h4-9,16,18H,1-3H3. The molecule has 0 saturated carbocycles. The van der Waals surface area contributed by atoms with Crippen LogP contribution in [-0.2, 0) is 0 Å². The maximum atomic E-state index is 10.6. The summed E-state index contributed by atoms with van der Waals surface area (Å²) in [6.07, 6.45) is -0.567. The van der Waals surface area contributed by atoms with E-state index < -0.39 is 6.10 Å².